The normalized spacial score (nSPS) is 11.6. The zero-order valence-electron chi connectivity index (χ0n) is 43.6. The maximum Gasteiger partial charge on any atom is 0.333 e. The molecule has 2 atom stereocenters. The van der Waals surface area contributed by atoms with Gasteiger partial charge < -0.3 is 58.3 Å². The monoisotopic (exact) mass is 1480 g/mol. The molecule has 0 fully saturated rings. The van der Waals surface area contributed by atoms with E-state index in [0.717, 1.165) is 22.3 Å². The molecule has 4 rings (SSSR count). The average Bonchev–Trinajstić information content (AvgIpc) is 3.34. The van der Waals surface area contributed by atoms with E-state index in [1.54, 1.807) is 97.0 Å². The molecule has 20 heteroatoms. The molecule has 0 bridgehead atoms. The molecule has 0 radical (unpaired) electrons. The van der Waals surface area contributed by atoms with Crippen LogP contribution >= 0.6 is 90.4 Å². The second-order valence-electron chi connectivity index (χ2n) is 16.8. The van der Waals surface area contributed by atoms with Crippen LogP contribution in [-0.4, -0.2) is 72.7 Å². The van der Waals surface area contributed by atoms with Gasteiger partial charge in [0.25, 0.3) is 0 Å². The fourth-order valence-electron chi connectivity index (χ4n) is 5.57. The predicted molar refractivity (Wildman–Crippen MR) is 316 cm³/mol. The van der Waals surface area contributed by atoms with E-state index >= 15 is 0 Å². The van der Waals surface area contributed by atoms with Gasteiger partial charge in [-0.3, -0.25) is 0 Å². The number of methoxy groups -OCH3 is 4. The molecule has 0 saturated carbocycles. The molecule has 404 valence electrons. The lowest BCUT2D eigenvalue weighted by Crippen LogP contribution is -2.29. The van der Waals surface area contributed by atoms with Gasteiger partial charge in [-0.15, -0.1) is 0 Å². The topological polar surface area (TPSA) is 223 Å². The first-order valence-electron chi connectivity index (χ1n) is 22.0. The molecule has 0 heterocycles. The van der Waals surface area contributed by atoms with Crippen LogP contribution in [0.5, 0.6) is 46.0 Å². The van der Waals surface area contributed by atoms with Crippen LogP contribution in [0.2, 0.25) is 0 Å². The summed E-state index contributed by atoms with van der Waals surface area (Å²) >= 11 is 7.98. The van der Waals surface area contributed by atoms with Crippen LogP contribution in [0.25, 0.3) is 0 Å². The number of ether oxygens (including phenoxy) is 8. The Kier molecular flexibility index (Phi) is 27.7. The second-order valence-corrected chi connectivity index (χ2v) is 21.5. The van der Waals surface area contributed by atoms with Crippen molar-refractivity contribution in [2.24, 2.45) is 0 Å². The quantitative estimate of drug-likeness (QED) is 0.0334. The van der Waals surface area contributed by atoms with Crippen molar-refractivity contribution in [2.75, 3.05) is 28.4 Å². The SMILES string of the molecule is C=C(C)C(=O)OC(C)(C)c1cc(I)c(O)c(OC)c1.C=C(C)C(=O)OC(C)(CC)c1cc(I)c(O)c(OC)c1.C=C(C)C(=O)OC(C)c1cc(I)c(O)c(OC)c1.C=C(C)C(=O)OCc1cc(I)c(O)c(OC)c1. The molecule has 0 aromatic heterocycles. The van der Waals surface area contributed by atoms with Crippen LogP contribution in [0.4, 0.5) is 0 Å². The fraction of sp³-hybridized carbons (Fsp3) is 0.333. The highest BCUT2D eigenvalue weighted by Crippen LogP contribution is 2.40. The lowest BCUT2D eigenvalue weighted by atomic mass is 9.92. The maximum absolute atomic E-state index is 11.8. The van der Waals surface area contributed by atoms with E-state index in [0.29, 0.717) is 66.0 Å². The van der Waals surface area contributed by atoms with Gasteiger partial charge in [0.15, 0.2) is 46.0 Å². The predicted octanol–water partition coefficient (Wildman–Crippen LogP) is 12.9. The summed E-state index contributed by atoms with van der Waals surface area (Å²) in [5.74, 6) is -0.00786. The highest BCUT2D eigenvalue weighted by Gasteiger charge is 2.32. The molecule has 74 heavy (non-hydrogen) atoms. The van der Waals surface area contributed by atoms with E-state index in [-0.39, 0.29) is 29.6 Å². The van der Waals surface area contributed by atoms with Crippen LogP contribution < -0.4 is 18.9 Å². The summed E-state index contributed by atoms with van der Waals surface area (Å²) in [6.07, 6.45) is 0.160. The third-order valence-electron chi connectivity index (χ3n) is 10.2. The summed E-state index contributed by atoms with van der Waals surface area (Å²) in [7, 11) is 5.90. The van der Waals surface area contributed by atoms with Gasteiger partial charge in [-0.2, -0.15) is 0 Å². The van der Waals surface area contributed by atoms with Crippen LogP contribution in [0, 0.1) is 14.3 Å². The smallest absolute Gasteiger partial charge is 0.333 e. The Morgan fingerprint density at radius 2 is 0.892 bits per heavy atom. The fourth-order valence-corrected chi connectivity index (χ4v) is 8.06. The summed E-state index contributed by atoms with van der Waals surface area (Å²) in [5, 5.41) is 39.0. The number of carbonyl (C=O) groups excluding carboxylic acids is 4. The van der Waals surface area contributed by atoms with Gasteiger partial charge >= 0.3 is 23.9 Å². The average molecular weight is 1480 g/mol. The third kappa shape index (κ3) is 20.0. The number of hydrogen-bond acceptors (Lipinski definition) is 16. The second kappa shape index (κ2) is 30.6. The molecule has 16 nitrogen and oxygen atoms in total. The van der Waals surface area contributed by atoms with Gasteiger partial charge in [0, 0.05) is 27.9 Å². The number of rotatable bonds is 17. The van der Waals surface area contributed by atoms with Gasteiger partial charge in [0.05, 0.1) is 42.7 Å². The van der Waals surface area contributed by atoms with Crippen molar-refractivity contribution in [3.63, 3.8) is 0 Å². The van der Waals surface area contributed by atoms with Crippen molar-refractivity contribution >= 4 is 114 Å². The van der Waals surface area contributed by atoms with Crippen LogP contribution in [0.15, 0.2) is 97.1 Å². The van der Waals surface area contributed by atoms with Gasteiger partial charge in [0.1, 0.15) is 23.9 Å². The molecule has 0 aliphatic heterocycles. The Hall–Kier alpha value is -4.96. The Labute approximate surface area is 488 Å². The molecule has 0 aliphatic rings. The number of phenolic OH excluding ortho intramolecular Hbond substituents is 4. The van der Waals surface area contributed by atoms with Gasteiger partial charge in [-0.25, -0.2) is 19.2 Å². The van der Waals surface area contributed by atoms with Gasteiger partial charge in [-0.05, 0) is 217 Å². The highest BCUT2D eigenvalue weighted by atomic mass is 127. The van der Waals surface area contributed by atoms with E-state index < -0.39 is 41.2 Å². The minimum atomic E-state index is -0.836. The number of halogens is 4. The first-order chi connectivity index (χ1) is 34.2. The molecule has 4 N–H and O–H groups in total. The maximum atomic E-state index is 11.8. The Morgan fingerprint density at radius 3 is 1.31 bits per heavy atom. The Bertz CT molecular complexity index is 2730. The number of carbonyl (C=O) groups is 4. The van der Waals surface area contributed by atoms with E-state index in [1.807, 2.05) is 104 Å². The van der Waals surface area contributed by atoms with E-state index in [4.69, 9.17) is 37.9 Å². The summed E-state index contributed by atoms with van der Waals surface area (Å²) in [4.78, 5) is 46.1. The zero-order valence-corrected chi connectivity index (χ0v) is 52.3. The van der Waals surface area contributed by atoms with Crippen molar-refractivity contribution in [2.45, 2.75) is 92.6 Å². The van der Waals surface area contributed by atoms with Crippen LogP contribution in [-0.2, 0) is 55.9 Å². The largest absolute Gasteiger partial charge is 0.504 e. The Morgan fingerprint density at radius 1 is 0.527 bits per heavy atom. The van der Waals surface area contributed by atoms with Crippen LogP contribution in [0.3, 0.4) is 0 Å². The molecular weight excluding hydrogens is 1410 g/mol. The van der Waals surface area contributed by atoms with E-state index in [2.05, 4.69) is 26.3 Å². The Balaban J connectivity index is 0.000000494. The molecule has 0 amide bonds. The van der Waals surface area contributed by atoms with Gasteiger partial charge in [0.2, 0.25) is 0 Å². The standard InChI is InChI=1S/C15H19IO4.C14H17IO4.C13H15IO4.C12H13IO4/c1-6-15(4,20-14(18)9(2)3)10-7-11(16)13(17)12(8-10)19-5;1-8(2)13(17)19-14(3,4)9-6-10(15)12(16)11(7-9)18-5;1-7(2)13(16)18-8(3)9-5-10(14)12(15)11(6-9)17-4;1-7(2)12(15)17-6-8-4-9(13)11(14)10(5-8)16-3/h7-8,17H,2,6H2,1,3-5H3;6-7,16H,1H2,2-5H3;5-6,8,15H,1H2,2-4H3;4-5,14H,1,6H2,2-3H3. The molecule has 4 aromatic rings. The molecule has 4 aromatic carbocycles. The number of aromatic hydroxyl groups is 4. The molecule has 0 saturated heterocycles. The summed E-state index contributed by atoms with van der Waals surface area (Å²) in [5.41, 5.74) is 2.77. The minimum Gasteiger partial charge on any atom is -0.504 e. The molecule has 0 aliphatic carbocycles. The lowest BCUT2D eigenvalue weighted by Gasteiger charge is -2.29. The molecule has 0 spiro atoms. The van der Waals surface area contributed by atoms with Gasteiger partial charge in [-0.1, -0.05) is 33.2 Å². The van der Waals surface area contributed by atoms with Crippen molar-refractivity contribution in [3.05, 3.63) is 134 Å². The number of benzene rings is 4. The summed E-state index contributed by atoms with van der Waals surface area (Å²) in [6.45, 7) is 29.7. The van der Waals surface area contributed by atoms with E-state index in [1.165, 1.54) is 28.4 Å². The van der Waals surface area contributed by atoms with Crippen molar-refractivity contribution in [1.29, 1.82) is 0 Å². The zero-order chi connectivity index (χ0) is 57.2. The summed E-state index contributed by atoms with van der Waals surface area (Å²) < 4.78 is 44.0. The van der Waals surface area contributed by atoms with E-state index in [9.17, 15) is 39.6 Å². The molecular formula is C54H64I4O16. The lowest BCUT2D eigenvalue weighted by molar-refractivity contribution is -0.155. The van der Waals surface area contributed by atoms with Crippen LogP contribution in [0.1, 0.15) is 97.1 Å². The van der Waals surface area contributed by atoms with Crippen molar-refractivity contribution in [1.82, 2.24) is 0 Å². The van der Waals surface area contributed by atoms with Crippen molar-refractivity contribution < 1.29 is 77.5 Å². The molecule has 2 unspecified atom stereocenters. The van der Waals surface area contributed by atoms with Crippen molar-refractivity contribution in [3.8, 4) is 46.0 Å². The number of phenols is 4. The number of hydrogen-bond donors (Lipinski definition) is 4. The number of esters is 4. The summed E-state index contributed by atoms with van der Waals surface area (Å²) in [6, 6.07) is 13.6. The first-order valence-corrected chi connectivity index (χ1v) is 26.3. The highest BCUT2D eigenvalue weighted by molar-refractivity contribution is 14.1. The third-order valence-corrected chi connectivity index (χ3v) is 13.5. The minimum absolute atomic E-state index is 0.0777. The first kappa shape index (κ1) is 67.1.